The lowest BCUT2D eigenvalue weighted by Gasteiger charge is -2.06. The molecule has 16 heavy (non-hydrogen) atoms. The molecule has 0 aliphatic rings. The SMILES string of the molecule is CC(CO)CSc1ccc(C(N)=NO)cn1. The van der Waals surface area contributed by atoms with Gasteiger partial charge in [0.15, 0.2) is 5.84 Å². The standard InChI is InChI=1S/C10H15N3O2S/c1-7(5-14)6-16-9-3-2-8(4-12-9)10(11)13-15/h2-4,7,14-15H,5-6H2,1H3,(H2,11,13). The van der Waals surface area contributed by atoms with Crippen LogP contribution in [0.1, 0.15) is 12.5 Å². The second kappa shape index (κ2) is 6.34. The van der Waals surface area contributed by atoms with Crippen LogP contribution in [-0.2, 0) is 0 Å². The first-order valence-electron chi connectivity index (χ1n) is 4.85. The summed E-state index contributed by atoms with van der Waals surface area (Å²) in [6, 6.07) is 3.55. The second-order valence-electron chi connectivity index (χ2n) is 3.47. The number of pyridine rings is 1. The molecule has 88 valence electrons. The number of aliphatic hydroxyl groups is 1. The van der Waals surface area contributed by atoms with E-state index in [9.17, 15) is 0 Å². The molecule has 1 rings (SSSR count). The Balaban J connectivity index is 2.58. The fraction of sp³-hybridized carbons (Fsp3) is 0.400. The smallest absolute Gasteiger partial charge is 0.171 e. The normalized spacial score (nSPS) is 13.8. The molecule has 0 saturated heterocycles. The van der Waals surface area contributed by atoms with E-state index in [1.807, 2.05) is 13.0 Å². The molecule has 1 unspecified atom stereocenters. The summed E-state index contributed by atoms with van der Waals surface area (Å²) in [6.45, 7) is 2.15. The predicted molar refractivity (Wildman–Crippen MR) is 63.7 cm³/mol. The lowest BCUT2D eigenvalue weighted by molar-refractivity contribution is 0.250. The van der Waals surface area contributed by atoms with E-state index in [0.717, 1.165) is 10.8 Å². The van der Waals surface area contributed by atoms with Gasteiger partial charge in [-0.25, -0.2) is 4.98 Å². The number of oxime groups is 1. The minimum Gasteiger partial charge on any atom is -0.409 e. The molecular formula is C10H15N3O2S. The van der Waals surface area contributed by atoms with E-state index >= 15 is 0 Å². The van der Waals surface area contributed by atoms with Crippen LogP contribution in [-0.4, -0.2) is 33.5 Å². The molecule has 0 aliphatic heterocycles. The van der Waals surface area contributed by atoms with E-state index in [4.69, 9.17) is 16.0 Å². The number of nitrogens with two attached hydrogens (primary N) is 1. The molecule has 0 spiro atoms. The summed E-state index contributed by atoms with van der Waals surface area (Å²) in [5.74, 6) is 1.11. The van der Waals surface area contributed by atoms with Gasteiger partial charge in [0, 0.05) is 24.1 Å². The van der Waals surface area contributed by atoms with Crippen LogP contribution in [0.4, 0.5) is 0 Å². The number of amidine groups is 1. The van der Waals surface area contributed by atoms with Crippen LogP contribution in [0.2, 0.25) is 0 Å². The fourth-order valence-corrected chi connectivity index (χ4v) is 1.81. The van der Waals surface area contributed by atoms with Crippen LogP contribution in [0.3, 0.4) is 0 Å². The summed E-state index contributed by atoms with van der Waals surface area (Å²) in [4.78, 5) is 4.16. The van der Waals surface area contributed by atoms with Crippen LogP contribution in [0.25, 0.3) is 0 Å². The van der Waals surface area contributed by atoms with Gasteiger partial charge in [0.1, 0.15) is 0 Å². The van der Waals surface area contributed by atoms with Crippen LogP contribution >= 0.6 is 11.8 Å². The molecule has 0 saturated carbocycles. The Morgan fingerprint density at radius 3 is 2.88 bits per heavy atom. The van der Waals surface area contributed by atoms with Gasteiger partial charge in [0.05, 0.1) is 5.03 Å². The van der Waals surface area contributed by atoms with Gasteiger partial charge in [-0.2, -0.15) is 0 Å². The molecule has 1 atom stereocenters. The van der Waals surface area contributed by atoms with E-state index in [0.29, 0.717) is 5.56 Å². The second-order valence-corrected chi connectivity index (χ2v) is 4.51. The molecule has 0 radical (unpaired) electrons. The third-order valence-electron chi connectivity index (χ3n) is 1.97. The first kappa shape index (κ1) is 12.8. The third-order valence-corrected chi connectivity index (χ3v) is 3.24. The Bertz CT molecular complexity index is 354. The Morgan fingerprint density at radius 2 is 2.38 bits per heavy atom. The van der Waals surface area contributed by atoms with Crippen molar-refractivity contribution < 1.29 is 10.3 Å². The van der Waals surface area contributed by atoms with Gasteiger partial charge in [-0.1, -0.05) is 12.1 Å². The summed E-state index contributed by atoms with van der Waals surface area (Å²) in [6.07, 6.45) is 1.56. The summed E-state index contributed by atoms with van der Waals surface area (Å²) in [5.41, 5.74) is 5.99. The molecule has 1 aromatic heterocycles. The molecule has 0 aromatic carbocycles. The van der Waals surface area contributed by atoms with Crippen LogP contribution in [0.15, 0.2) is 28.5 Å². The molecule has 4 N–H and O–H groups in total. The highest BCUT2D eigenvalue weighted by atomic mass is 32.2. The van der Waals surface area contributed by atoms with Crippen molar-refractivity contribution in [3.05, 3.63) is 23.9 Å². The topological polar surface area (TPSA) is 91.7 Å². The Labute approximate surface area is 98.4 Å². The molecule has 1 heterocycles. The number of nitrogens with zero attached hydrogens (tertiary/aromatic N) is 2. The molecule has 0 aliphatic carbocycles. The van der Waals surface area contributed by atoms with Gasteiger partial charge in [-0.3, -0.25) is 0 Å². The van der Waals surface area contributed by atoms with Crippen molar-refractivity contribution >= 4 is 17.6 Å². The van der Waals surface area contributed by atoms with E-state index in [1.54, 1.807) is 24.0 Å². The van der Waals surface area contributed by atoms with Gasteiger partial charge in [0.2, 0.25) is 0 Å². The lowest BCUT2D eigenvalue weighted by Crippen LogP contribution is -2.13. The molecule has 0 bridgehead atoms. The highest BCUT2D eigenvalue weighted by molar-refractivity contribution is 7.99. The van der Waals surface area contributed by atoms with Crippen molar-refractivity contribution in [3.63, 3.8) is 0 Å². The number of rotatable bonds is 5. The molecule has 0 amide bonds. The Kier molecular flexibility index (Phi) is 5.07. The Hall–Kier alpha value is -1.27. The number of aliphatic hydroxyl groups excluding tert-OH is 1. The molecule has 6 heteroatoms. The molecule has 1 aromatic rings. The zero-order valence-electron chi connectivity index (χ0n) is 9.00. The minimum atomic E-state index is 0.0489. The first-order valence-corrected chi connectivity index (χ1v) is 5.83. The quantitative estimate of drug-likeness (QED) is 0.234. The first-order chi connectivity index (χ1) is 7.67. The largest absolute Gasteiger partial charge is 0.409 e. The average Bonchev–Trinajstić information content (AvgIpc) is 2.35. The van der Waals surface area contributed by atoms with E-state index in [2.05, 4.69) is 10.1 Å². The van der Waals surface area contributed by atoms with Crippen LogP contribution in [0, 0.1) is 5.92 Å². The number of thioether (sulfide) groups is 1. The van der Waals surface area contributed by atoms with Gasteiger partial charge in [0.25, 0.3) is 0 Å². The highest BCUT2D eigenvalue weighted by Gasteiger charge is 2.04. The lowest BCUT2D eigenvalue weighted by atomic mass is 10.2. The fourth-order valence-electron chi connectivity index (χ4n) is 0.955. The van der Waals surface area contributed by atoms with E-state index in [1.165, 1.54) is 0 Å². The summed E-state index contributed by atoms with van der Waals surface area (Å²) >= 11 is 1.57. The maximum Gasteiger partial charge on any atom is 0.171 e. The van der Waals surface area contributed by atoms with Crippen LogP contribution in [0.5, 0.6) is 0 Å². The highest BCUT2D eigenvalue weighted by Crippen LogP contribution is 2.18. The van der Waals surface area contributed by atoms with Gasteiger partial charge in [-0.05, 0) is 18.1 Å². The Morgan fingerprint density at radius 1 is 1.62 bits per heavy atom. The van der Waals surface area contributed by atoms with Crippen LogP contribution < -0.4 is 5.73 Å². The van der Waals surface area contributed by atoms with Crippen molar-refractivity contribution in [1.82, 2.24) is 4.98 Å². The molecular weight excluding hydrogens is 226 g/mol. The molecule has 5 nitrogen and oxygen atoms in total. The van der Waals surface area contributed by atoms with Crippen molar-refractivity contribution in [3.8, 4) is 0 Å². The summed E-state index contributed by atoms with van der Waals surface area (Å²) in [7, 11) is 0. The number of aromatic nitrogens is 1. The van der Waals surface area contributed by atoms with Gasteiger partial charge in [-0.15, -0.1) is 11.8 Å². The van der Waals surface area contributed by atoms with Crippen molar-refractivity contribution in [1.29, 1.82) is 0 Å². The van der Waals surface area contributed by atoms with Gasteiger partial charge < -0.3 is 16.0 Å². The van der Waals surface area contributed by atoms with Crippen molar-refractivity contribution in [2.45, 2.75) is 11.9 Å². The minimum absolute atomic E-state index is 0.0489. The maximum absolute atomic E-state index is 8.87. The number of hydrogen-bond donors (Lipinski definition) is 3. The van der Waals surface area contributed by atoms with Crippen molar-refractivity contribution in [2.24, 2.45) is 16.8 Å². The van der Waals surface area contributed by atoms with Crippen molar-refractivity contribution in [2.75, 3.05) is 12.4 Å². The monoisotopic (exact) mass is 241 g/mol. The third kappa shape index (κ3) is 3.71. The zero-order chi connectivity index (χ0) is 12.0. The van der Waals surface area contributed by atoms with E-state index < -0.39 is 0 Å². The predicted octanol–water partition coefficient (Wildman–Crippen LogP) is 0.897. The number of hydrogen-bond acceptors (Lipinski definition) is 5. The zero-order valence-corrected chi connectivity index (χ0v) is 9.81. The maximum atomic E-state index is 8.87. The average molecular weight is 241 g/mol. The van der Waals surface area contributed by atoms with Gasteiger partial charge >= 0.3 is 0 Å². The van der Waals surface area contributed by atoms with E-state index in [-0.39, 0.29) is 18.4 Å². The summed E-state index contributed by atoms with van der Waals surface area (Å²) in [5, 5.41) is 21.1. The summed E-state index contributed by atoms with van der Waals surface area (Å²) < 4.78 is 0. The molecule has 0 fully saturated rings.